The van der Waals surface area contributed by atoms with Crippen molar-refractivity contribution in [1.29, 1.82) is 0 Å². The van der Waals surface area contributed by atoms with E-state index in [1.165, 1.54) is 0 Å². The van der Waals surface area contributed by atoms with E-state index in [-0.39, 0.29) is 49.9 Å². The molecule has 1 aliphatic carbocycles. The van der Waals surface area contributed by atoms with E-state index >= 15 is 0 Å². The Bertz CT molecular complexity index is 1750. The predicted octanol–water partition coefficient (Wildman–Crippen LogP) is 8.37. The van der Waals surface area contributed by atoms with Gasteiger partial charge in [-0.05, 0) is 79.0 Å². The number of benzene rings is 2. The van der Waals surface area contributed by atoms with Crippen LogP contribution in [0, 0.1) is 23.0 Å². The molecular weight excluding hydrogens is 634 g/mol. The summed E-state index contributed by atoms with van der Waals surface area (Å²) in [6.07, 6.45) is 3.14. The first-order chi connectivity index (χ1) is 21.8. The van der Waals surface area contributed by atoms with Crippen LogP contribution in [-0.4, -0.2) is 46.2 Å². The van der Waals surface area contributed by atoms with Crippen molar-refractivity contribution < 1.29 is 28.2 Å². The highest BCUT2D eigenvalue weighted by Crippen LogP contribution is 2.42. The highest BCUT2D eigenvalue weighted by atomic mass is 35.5. The van der Waals surface area contributed by atoms with E-state index in [0.29, 0.717) is 37.3 Å². The first-order valence-corrected chi connectivity index (χ1v) is 16.2. The number of pyridine rings is 1. The maximum atomic E-state index is 14.8. The van der Waals surface area contributed by atoms with Crippen LogP contribution in [0.5, 0.6) is 5.75 Å². The molecule has 2 aromatic carbocycles. The number of nitrogens with one attached hydrogen (secondary N) is 1. The molecule has 12 heteroatoms. The number of rotatable bonds is 8. The van der Waals surface area contributed by atoms with E-state index < -0.39 is 23.6 Å². The van der Waals surface area contributed by atoms with Crippen LogP contribution in [0.3, 0.4) is 0 Å². The third-order valence-corrected chi connectivity index (χ3v) is 10.4. The number of amides is 2. The van der Waals surface area contributed by atoms with E-state index in [4.69, 9.17) is 22.1 Å². The number of thiophene rings is 1. The van der Waals surface area contributed by atoms with Crippen LogP contribution in [0.2, 0.25) is 5.02 Å². The lowest BCUT2D eigenvalue weighted by Crippen LogP contribution is -2.50. The van der Waals surface area contributed by atoms with Gasteiger partial charge in [0.2, 0.25) is 0 Å². The summed E-state index contributed by atoms with van der Waals surface area (Å²) in [5, 5.41) is 12.0. The Labute approximate surface area is 275 Å². The molecule has 0 aliphatic heterocycles. The van der Waals surface area contributed by atoms with Gasteiger partial charge in [-0.2, -0.15) is 0 Å². The molecule has 4 N–H and O–H groups in total. The average molecular weight is 671 g/mol. The second-order valence-electron chi connectivity index (χ2n) is 12.8. The van der Waals surface area contributed by atoms with Crippen molar-refractivity contribution in [3.05, 3.63) is 75.8 Å². The predicted molar refractivity (Wildman–Crippen MR) is 177 cm³/mol. The van der Waals surface area contributed by atoms with Gasteiger partial charge in [-0.3, -0.25) is 4.79 Å². The van der Waals surface area contributed by atoms with Crippen LogP contribution >= 0.6 is 22.9 Å². The van der Waals surface area contributed by atoms with Crippen molar-refractivity contribution in [2.24, 2.45) is 11.3 Å². The molecule has 4 aromatic rings. The quantitative estimate of drug-likeness (QED) is 0.173. The van der Waals surface area contributed by atoms with Crippen molar-refractivity contribution in [3.8, 4) is 16.9 Å². The molecule has 5 rings (SSSR count). The largest absolute Gasteiger partial charge is 0.496 e. The first kappa shape index (κ1) is 33.4. The molecule has 0 bridgehead atoms. The number of carbonyl (C=O) groups excluding carboxylic acids is 1. The number of hydrogen-bond acceptors (Lipinski definition) is 6. The van der Waals surface area contributed by atoms with Gasteiger partial charge in [0.25, 0.3) is 5.91 Å². The van der Waals surface area contributed by atoms with Crippen molar-refractivity contribution in [2.75, 3.05) is 12.8 Å². The molecular formula is C34H37ClF2N4O4S. The molecule has 0 radical (unpaired) electrons. The third kappa shape index (κ3) is 6.90. The molecule has 244 valence electrons. The molecule has 0 saturated heterocycles. The van der Waals surface area contributed by atoms with Crippen molar-refractivity contribution in [3.63, 3.8) is 0 Å². The van der Waals surface area contributed by atoms with Gasteiger partial charge in [0.1, 0.15) is 28.1 Å². The van der Waals surface area contributed by atoms with Gasteiger partial charge in [-0.25, -0.2) is 18.6 Å². The molecule has 8 nitrogen and oxygen atoms in total. The van der Waals surface area contributed by atoms with Gasteiger partial charge >= 0.3 is 6.09 Å². The van der Waals surface area contributed by atoms with Gasteiger partial charge < -0.3 is 25.8 Å². The SMILES string of the molecule is COc1ccc(-c2ccc(N)nc2)cc1CN(C(=O)c1sc2c(F)ccc(F)c2c1Cl)C1CCC(C(NC(=O)O)C(C)(C)C)CC1. The lowest BCUT2D eigenvalue weighted by molar-refractivity contribution is 0.0543. The lowest BCUT2D eigenvalue weighted by atomic mass is 9.72. The highest BCUT2D eigenvalue weighted by molar-refractivity contribution is 7.21. The zero-order valence-corrected chi connectivity index (χ0v) is 27.6. The molecule has 46 heavy (non-hydrogen) atoms. The van der Waals surface area contributed by atoms with Crippen LogP contribution < -0.4 is 15.8 Å². The number of hydrogen-bond donors (Lipinski definition) is 3. The van der Waals surface area contributed by atoms with E-state index in [1.807, 2.05) is 45.0 Å². The summed E-state index contributed by atoms with van der Waals surface area (Å²) in [6.45, 7) is 6.16. The van der Waals surface area contributed by atoms with Gasteiger partial charge in [-0.15, -0.1) is 11.3 Å². The Balaban J connectivity index is 1.53. The number of carbonyl (C=O) groups is 2. The Kier molecular flexibility index (Phi) is 9.74. The number of nitrogens with two attached hydrogens (primary N) is 1. The number of carboxylic acid groups (broad SMARTS) is 1. The summed E-state index contributed by atoms with van der Waals surface area (Å²) in [6, 6.07) is 10.7. The van der Waals surface area contributed by atoms with Gasteiger partial charge in [0.15, 0.2) is 0 Å². The number of nitrogen functional groups attached to an aromatic ring is 1. The summed E-state index contributed by atoms with van der Waals surface area (Å²) < 4.78 is 35.2. The summed E-state index contributed by atoms with van der Waals surface area (Å²) in [5.74, 6) is -0.765. The zero-order chi connectivity index (χ0) is 33.3. The molecule has 2 aromatic heterocycles. The Hall–Kier alpha value is -3.96. The third-order valence-electron chi connectivity index (χ3n) is 8.74. The van der Waals surface area contributed by atoms with Gasteiger partial charge in [0, 0.05) is 36.0 Å². The molecule has 1 atom stereocenters. The summed E-state index contributed by atoms with van der Waals surface area (Å²) in [7, 11) is 1.55. The summed E-state index contributed by atoms with van der Waals surface area (Å²) in [5.41, 5.74) is 7.87. The van der Waals surface area contributed by atoms with Gasteiger partial charge in [0.05, 0.1) is 22.2 Å². The lowest BCUT2D eigenvalue weighted by Gasteiger charge is -2.43. The Morgan fingerprint density at radius 2 is 1.78 bits per heavy atom. The number of ether oxygens (including phenoxy) is 1. The standard InChI is InChI=1S/C34H37ClF2N4O4S/c1-34(2,3)31(40-33(43)44)18-5-9-22(10-6-18)41(32(42)30-28(35)27-23(36)11-12-24(37)29(27)46-30)17-21-15-19(7-13-25(21)45-4)20-8-14-26(38)39-16-20/h7-8,11-16,18,22,31,40H,5-6,9-10,17H2,1-4H3,(H2,38,39)(H,43,44). The van der Waals surface area contributed by atoms with Crippen molar-refractivity contribution >= 4 is 50.8 Å². The molecule has 1 aliphatic rings. The summed E-state index contributed by atoms with van der Waals surface area (Å²) >= 11 is 7.44. The van der Waals surface area contributed by atoms with Crippen molar-refractivity contribution in [2.45, 2.75) is 65.1 Å². The van der Waals surface area contributed by atoms with E-state index in [0.717, 1.165) is 40.2 Å². The summed E-state index contributed by atoms with van der Waals surface area (Å²) in [4.78, 5) is 32.0. The molecule has 2 heterocycles. The minimum absolute atomic E-state index is 0.0137. The molecule has 2 amide bonds. The number of anilines is 1. The number of halogens is 3. The average Bonchev–Trinajstić information content (AvgIpc) is 3.38. The fraction of sp³-hybridized carbons (Fsp3) is 0.382. The number of aromatic nitrogens is 1. The minimum Gasteiger partial charge on any atom is -0.496 e. The van der Waals surface area contributed by atoms with Crippen LogP contribution in [0.25, 0.3) is 21.2 Å². The maximum Gasteiger partial charge on any atom is 0.404 e. The molecule has 1 unspecified atom stereocenters. The fourth-order valence-corrected chi connectivity index (χ4v) is 8.00. The highest BCUT2D eigenvalue weighted by Gasteiger charge is 2.39. The first-order valence-electron chi connectivity index (χ1n) is 15.0. The van der Waals surface area contributed by atoms with Crippen molar-refractivity contribution in [1.82, 2.24) is 15.2 Å². The van der Waals surface area contributed by atoms with Crippen LogP contribution in [0.1, 0.15) is 61.7 Å². The molecule has 1 fully saturated rings. The normalized spacial score (nSPS) is 17.5. The van der Waals surface area contributed by atoms with Crippen LogP contribution in [0.15, 0.2) is 48.7 Å². The van der Waals surface area contributed by atoms with Crippen LogP contribution in [0.4, 0.5) is 19.4 Å². The Morgan fingerprint density at radius 3 is 2.37 bits per heavy atom. The second-order valence-corrected chi connectivity index (χ2v) is 14.2. The number of methoxy groups -OCH3 is 1. The molecule has 0 spiro atoms. The topological polar surface area (TPSA) is 118 Å². The van der Waals surface area contributed by atoms with E-state index in [1.54, 1.807) is 24.3 Å². The number of nitrogens with zero attached hydrogens (tertiary/aromatic N) is 2. The van der Waals surface area contributed by atoms with Crippen LogP contribution in [-0.2, 0) is 6.54 Å². The second kappa shape index (κ2) is 13.4. The fourth-order valence-electron chi connectivity index (χ4n) is 6.50. The molecule has 1 saturated carbocycles. The van der Waals surface area contributed by atoms with E-state index in [9.17, 15) is 23.5 Å². The maximum absolute atomic E-state index is 14.8. The minimum atomic E-state index is -1.07. The monoisotopic (exact) mass is 670 g/mol. The Morgan fingerprint density at radius 1 is 1.11 bits per heavy atom. The van der Waals surface area contributed by atoms with E-state index in [2.05, 4.69) is 10.3 Å². The number of fused-ring (bicyclic) bond motifs is 1. The smallest absolute Gasteiger partial charge is 0.404 e. The zero-order valence-electron chi connectivity index (χ0n) is 26.1. The van der Waals surface area contributed by atoms with Gasteiger partial charge in [-0.1, -0.05) is 38.4 Å².